The highest BCUT2D eigenvalue weighted by atomic mass is 17.2. The highest BCUT2D eigenvalue weighted by Crippen LogP contribution is 2.39. The van der Waals surface area contributed by atoms with Crippen LogP contribution in [-0.2, 0) is 9.78 Å². The van der Waals surface area contributed by atoms with Gasteiger partial charge in [0.2, 0.25) is 0 Å². The Balaban J connectivity index is 1.87. The molecule has 3 heteroatoms. The molecule has 0 aliphatic carbocycles. The van der Waals surface area contributed by atoms with Crippen molar-refractivity contribution in [2.45, 2.75) is 19.4 Å². The van der Waals surface area contributed by atoms with Crippen LogP contribution in [0.1, 0.15) is 30.5 Å². The summed E-state index contributed by atoms with van der Waals surface area (Å²) in [4.78, 5) is 13.3. The van der Waals surface area contributed by atoms with Gasteiger partial charge in [-0.25, -0.2) is 14.7 Å². The van der Waals surface area contributed by atoms with Gasteiger partial charge < -0.3 is 0 Å². The van der Waals surface area contributed by atoms with Crippen molar-refractivity contribution < 1.29 is 9.78 Å². The maximum atomic E-state index is 5.54. The van der Waals surface area contributed by atoms with Crippen LogP contribution in [0.2, 0.25) is 0 Å². The minimum atomic E-state index is -0.142. The van der Waals surface area contributed by atoms with Crippen LogP contribution in [0.4, 0.5) is 0 Å². The Morgan fingerprint density at radius 3 is 1.58 bits per heavy atom. The van der Waals surface area contributed by atoms with Crippen molar-refractivity contribution in [1.29, 1.82) is 0 Å². The zero-order chi connectivity index (χ0) is 13.1. The summed E-state index contributed by atoms with van der Waals surface area (Å²) < 4.78 is 0. The molecule has 2 aromatic rings. The summed E-state index contributed by atoms with van der Waals surface area (Å²) >= 11 is 0. The van der Waals surface area contributed by atoms with Crippen LogP contribution >= 0.6 is 0 Å². The molecule has 1 saturated heterocycles. The number of hydrogen-bond donors (Lipinski definition) is 0. The van der Waals surface area contributed by atoms with E-state index in [2.05, 4.69) is 36.1 Å². The second kappa shape index (κ2) is 5.53. The van der Waals surface area contributed by atoms with E-state index in [1.807, 2.05) is 36.4 Å². The summed E-state index contributed by atoms with van der Waals surface area (Å²) in [5, 5.41) is 0. The Kier molecular flexibility index (Phi) is 3.60. The molecule has 3 rings (SSSR count). The molecular formula is C16H17NO2. The van der Waals surface area contributed by atoms with Gasteiger partial charge in [0.05, 0.1) is 0 Å². The lowest BCUT2D eigenvalue weighted by atomic mass is 10.1. The SMILES string of the molecule is CCN1[C@@H](c2ccccc2)OO[C@@H]1c1ccccc1. The average Bonchev–Trinajstić information content (AvgIpc) is 2.93. The minimum Gasteiger partial charge on any atom is -0.240 e. The molecule has 1 heterocycles. The Morgan fingerprint density at radius 1 is 0.789 bits per heavy atom. The zero-order valence-electron chi connectivity index (χ0n) is 10.9. The summed E-state index contributed by atoms with van der Waals surface area (Å²) in [6.45, 7) is 2.98. The van der Waals surface area contributed by atoms with Gasteiger partial charge in [-0.1, -0.05) is 67.6 Å². The fourth-order valence-electron chi connectivity index (χ4n) is 2.40. The van der Waals surface area contributed by atoms with Gasteiger partial charge in [-0.05, 0) is 11.1 Å². The smallest absolute Gasteiger partial charge is 0.174 e. The first-order valence-electron chi connectivity index (χ1n) is 6.58. The lowest BCUT2D eigenvalue weighted by molar-refractivity contribution is -0.300. The maximum absolute atomic E-state index is 5.54. The van der Waals surface area contributed by atoms with Crippen molar-refractivity contribution in [3.63, 3.8) is 0 Å². The minimum absolute atomic E-state index is 0.142. The van der Waals surface area contributed by atoms with Gasteiger partial charge in [-0.2, -0.15) is 0 Å². The number of nitrogens with zero attached hydrogens (tertiary/aromatic N) is 1. The lowest BCUT2D eigenvalue weighted by Crippen LogP contribution is -2.26. The summed E-state index contributed by atoms with van der Waals surface area (Å²) in [6.07, 6.45) is -0.284. The molecule has 3 nitrogen and oxygen atoms in total. The van der Waals surface area contributed by atoms with Gasteiger partial charge in [-0.3, -0.25) is 0 Å². The molecule has 1 aliphatic heterocycles. The third kappa shape index (κ3) is 2.40. The van der Waals surface area contributed by atoms with Crippen molar-refractivity contribution in [3.05, 3.63) is 71.8 Å². The lowest BCUT2D eigenvalue weighted by Gasteiger charge is -2.23. The third-order valence-corrected chi connectivity index (χ3v) is 3.37. The second-order valence-corrected chi connectivity index (χ2v) is 4.55. The molecule has 0 spiro atoms. The highest BCUT2D eigenvalue weighted by Gasteiger charge is 2.37. The average molecular weight is 255 g/mol. The molecule has 1 fully saturated rings. The van der Waals surface area contributed by atoms with Crippen LogP contribution in [-0.4, -0.2) is 11.4 Å². The molecule has 0 radical (unpaired) electrons. The van der Waals surface area contributed by atoms with E-state index in [-0.39, 0.29) is 12.5 Å². The Labute approximate surface area is 113 Å². The summed E-state index contributed by atoms with van der Waals surface area (Å²) in [7, 11) is 0. The molecule has 0 saturated carbocycles. The van der Waals surface area contributed by atoms with Crippen LogP contribution in [0.5, 0.6) is 0 Å². The standard InChI is InChI=1S/C16H17NO2/c1-2-17-15(13-9-5-3-6-10-13)18-19-16(17)14-11-7-4-8-12-14/h3-12,15-16H,2H2,1H3/t15-,16-/m1/s1. The monoisotopic (exact) mass is 255 g/mol. The van der Waals surface area contributed by atoms with Crippen LogP contribution < -0.4 is 0 Å². The predicted molar refractivity (Wildman–Crippen MR) is 72.9 cm³/mol. The zero-order valence-corrected chi connectivity index (χ0v) is 10.9. The molecule has 0 N–H and O–H groups in total. The maximum Gasteiger partial charge on any atom is 0.174 e. The Bertz CT molecular complexity index is 467. The summed E-state index contributed by atoms with van der Waals surface area (Å²) in [5.41, 5.74) is 2.23. The molecule has 0 bridgehead atoms. The normalized spacial score (nSPS) is 23.6. The van der Waals surface area contributed by atoms with Crippen molar-refractivity contribution in [1.82, 2.24) is 4.90 Å². The van der Waals surface area contributed by atoms with E-state index in [4.69, 9.17) is 9.78 Å². The topological polar surface area (TPSA) is 21.7 Å². The molecule has 0 unspecified atom stereocenters. The fraction of sp³-hybridized carbons (Fsp3) is 0.250. The van der Waals surface area contributed by atoms with Crippen LogP contribution in [0.15, 0.2) is 60.7 Å². The van der Waals surface area contributed by atoms with Crippen molar-refractivity contribution in [3.8, 4) is 0 Å². The second-order valence-electron chi connectivity index (χ2n) is 4.55. The number of benzene rings is 2. The largest absolute Gasteiger partial charge is 0.240 e. The molecule has 98 valence electrons. The highest BCUT2D eigenvalue weighted by molar-refractivity contribution is 5.21. The molecule has 2 aromatic carbocycles. The van der Waals surface area contributed by atoms with Gasteiger partial charge in [0.1, 0.15) is 0 Å². The van der Waals surface area contributed by atoms with Crippen LogP contribution in [0.3, 0.4) is 0 Å². The van der Waals surface area contributed by atoms with Gasteiger partial charge in [0.25, 0.3) is 0 Å². The molecule has 0 amide bonds. The fourth-order valence-corrected chi connectivity index (χ4v) is 2.40. The quantitative estimate of drug-likeness (QED) is 0.781. The van der Waals surface area contributed by atoms with Gasteiger partial charge in [0, 0.05) is 6.54 Å². The van der Waals surface area contributed by atoms with Crippen molar-refractivity contribution in [2.24, 2.45) is 0 Å². The molecule has 2 atom stereocenters. The first-order chi connectivity index (χ1) is 9.40. The predicted octanol–water partition coefficient (Wildman–Crippen LogP) is 3.67. The summed E-state index contributed by atoms with van der Waals surface area (Å²) in [6, 6.07) is 20.3. The molecule has 0 aromatic heterocycles. The Morgan fingerprint density at radius 2 is 1.21 bits per heavy atom. The van der Waals surface area contributed by atoms with E-state index >= 15 is 0 Å². The van der Waals surface area contributed by atoms with E-state index in [1.165, 1.54) is 0 Å². The van der Waals surface area contributed by atoms with Gasteiger partial charge >= 0.3 is 0 Å². The van der Waals surface area contributed by atoms with E-state index in [9.17, 15) is 0 Å². The van der Waals surface area contributed by atoms with Gasteiger partial charge in [0.15, 0.2) is 12.5 Å². The van der Waals surface area contributed by atoms with Crippen molar-refractivity contribution in [2.75, 3.05) is 6.54 Å². The van der Waals surface area contributed by atoms with Crippen LogP contribution in [0, 0.1) is 0 Å². The van der Waals surface area contributed by atoms with E-state index < -0.39 is 0 Å². The van der Waals surface area contributed by atoms with Crippen molar-refractivity contribution >= 4 is 0 Å². The first-order valence-corrected chi connectivity index (χ1v) is 6.58. The first kappa shape index (κ1) is 12.4. The Hall–Kier alpha value is -1.68. The van der Waals surface area contributed by atoms with Crippen LogP contribution in [0.25, 0.3) is 0 Å². The molecule has 1 aliphatic rings. The summed E-state index contributed by atoms with van der Waals surface area (Å²) in [5.74, 6) is 0. The number of rotatable bonds is 3. The molecular weight excluding hydrogens is 238 g/mol. The van der Waals surface area contributed by atoms with Gasteiger partial charge in [-0.15, -0.1) is 0 Å². The van der Waals surface area contributed by atoms with E-state index in [0.29, 0.717) is 0 Å². The van der Waals surface area contributed by atoms with E-state index in [1.54, 1.807) is 0 Å². The van der Waals surface area contributed by atoms with E-state index in [0.717, 1.165) is 17.7 Å². The third-order valence-electron chi connectivity index (χ3n) is 3.37. The number of hydrogen-bond acceptors (Lipinski definition) is 3. The molecule has 19 heavy (non-hydrogen) atoms.